The van der Waals surface area contributed by atoms with Gasteiger partial charge in [-0.05, 0) is 11.6 Å². The molecule has 0 spiro atoms. The molecule has 0 aromatic heterocycles. The molecule has 0 saturated heterocycles. The van der Waals surface area contributed by atoms with Crippen LogP contribution in [0.4, 0.5) is 5.69 Å². The summed E-state index contributed by atoms with van der Waals surface area (Å²) in [5.41, 5.74) is 6.77. The van der Waals surface area contributed by atoms with Crippen LogP contribution in [0.1, 0.15) is 11.5 Å². The maximum Gasteiger partial charge on any atom is 0.355 e. The normalized spacial score (nSPS) is 15.8. The van der Waals surface area contributed by atoms with Crippen molar-refractivity contribution >= 4 is 40.8 Å². The molecule has 8 nitrogen and oxygen atoms in total. The van der Waals surface area contributed by atoms with E-state index in [1.165, 1.54) is 31.3 Å². The molecule has 1 heterocycles. The third-order valence-corrected chi connectivity index (χ3v) is 5.67. The molecule has 1 aliphatic heterocycles. The van der Waals surface area contributed by atoms with Crippen LogP contribution in [-0.2, 0) is 19.1 Å². The third kappa shape index (κ3) is 4.21. The van der Waals surface area contributed by atoms with Gasteiger partial charge in [0.05, 0.1) is 60.2 Å². The Kier molecular flexibility index (Phi) is 7.16. The van der Waals surface area contributed by atoms with Crippen molar-refractivity contribution in [1.29, 1.82) is 5.26 Å². The first-order valence-electron chi connectivity index (χ1n) is 9.49. The number of nitrogens with zero attached hydrogens (tertiary/aromatic N) is 2. The van der Waals surface area contributed by atoms with Gasteiger partial charge in [-0.2, -0.15) is 5.26 Å². The third-order valence-electron chi connectivity index (χ3n) is 5.07. The van der Waals surface area contributed by atoms with Gasteiger partial charge in [0.1, 0.15) is 17.3 Å². The number of methoxy groups -OCH3 is 3. The molecule has 1 atom stereocenters. The van der Waals surface area contributed by atoms with Crippen LogP contribution in [0.5, 0.6) is 5.75 Å². The van der Waals surface area contributed by atoms with Crippen molar-refractivity contribution < 1.29 is 23.8 Å². The largest absolute Gasteiger partial charge is 0.495 e. The molecule has 2 aromatic carbocycles. The van der Waals surface area contributed by atoms with Crippen molar-refractivity contribution in [3.05, 3.63) is 80.7 Å². The predicted octanol–water partition coefficient (Wildman–Crippen LogP) is 3.90. The highest BCUT2D eigenvalue weighted by Crippen LogP contribution is 2.46. The number of hydrogen-bond acceptors (Lipinski definition) is 8. The van der Waals surface area contributed by atoms with Gasteiger partial charge in [-0.15, -0.1) is 0 Å². The average molecular weight is 488 g/mol. The maximum absolute atomic E-state index is 13.0. The fraction of sp³-hybridized carbons (Fsp3) is 0.174. The van der Waals surface area contributed by atoms with E-state index < -0.39 is 17.9 Å². The zero-order valence-corrected chi connectivity index (χ0v) is 19.4. The average Bonchev–Trinajstić information content (AvgIpc) is 2.83. The van der Waals surface area contributed by atoms with Crippen LogP contribution >= 0.6 is 23.2 Å². The van der Waals surface area contributed by atoms with Crippen LogP contribution < -0.4 is 15.4 Å². The Bertz CT molecular complexity index is 1220. The maximum atomic E-state index is 13.0. The second-order valence-corrected chi connectivity index (χ2v) is 7.59. The Hall–Kier alpha value is -3.67. The van der Waals surface area contributed by atoms with Crippen molar-refractivity contribution in [3.8, 4) is 11.8 Å². The molecule has 33 heavy (non-hydrogen) atoms. The number of hydrogen-bond donors (Lipinski definition) is 1. The summed E-state index contributed by atoms with van der Waals surface area (Å²) in [5, 5.41) is 10.3. The van der Waals surface area contributed by atoms with Crippen molar-refractivity contribution in [2.24, 2.45) is 5.73 Å². The summed E-state index contributed by atoms with van der Waals surface area (Å²) in [4.78, 5) is 27.2. The Morgan fingerprint density at radius 1 is 1.03 bits per heavy atom. The number of anilines is 1. The van der Waals surface area contributed by atoms with Gasteiger partial charge in [-0.25, -0.2) is 9.59 Å². The minimum absolute atomic E-state index is 0.0132. The fourth-order valence-corrected chi connectivity index (χ4v) is 4.15. The number of ether oxygens (including phenoxy) is 3. The van der Waals surface area contributed by atoms with E-state index in [2.05, 4.69) is 6.07 Å². The van der Waals surface area contributed by atoms with Gasteiger partial charge in [0.2, 0.25) is 0 Å². The Morgan fingerprint density at radius 2 is 1.67 bits per heavy atom. The van der Waals surface area contributed by atoms with Crippen molar-refractivity contribution in [1.82, 2.24) is 0 Å². The van der Waals surface area contributed by atoms with Crippen molar-refractivity contribution in [2.75, 3.05) is 26.2 Å². The SMILES string of the molecule is COC(=O)C1=C(C(=O)OC)N(c2cc(OC)c(Cl)cc2Cl)C(N)=C(C#N)C1c1ccccc1. The summed E-state index contributed by atoms with van der Waals surface area (Å²) in [6.45, 7) is 0. The molecule has 0 amide bonds. The minimum atomic E-state index is -0.984. The van der Waals surface area contributed by atoms with E-state index in [-0.39, 0.29) is 44.1 Å². The van der Waals surface area contributed by atoms with Crippen LogP contribution in [0, 0.1) is 11.3 Å². The van der Waals surface area contributed by atoms with E-state index in [1.807, 2.05) is 0 Å². The van der Waals surface area contributed by atoms with Crippen LogP contribution in [0.3, 0.4) is 0 Å². The number of nitriles is 1. The highest BCUT2D eigenvalue weighted by Gasteiger charge is 2.43. The monoisotopic (exact) mass is 487 g/mol. The molecule has 0 radical (unpaired) electrons. The molecular weight excluding hydrogens is 469 g/mol. The number of carbonyl (C=O) groups excluding carboxylic acids is 2. The smallest absolute Gasteiger partial charge is 0.355 e. The summed E-state index contributed by atoms with van der Waals surface area (Å²) in [6.07, 6.45) is 0. The van der Waals surface area contributed by atoms with Crippen LogP contribution in [0.2, 0.25) is 10.0 Å². The first-order valence-corrected chi connectivity index (χ1v) is 10.2. The van der Waals surface area contributed by atoms with E-state index in [0.29, 0.717) is 5.56 Å². The lowest BCUT2D eigenvalue weighted by molar-refractivity contribution is -0.139. The summed E-state index contributed by atoms with van der Waals surface area (Å²) in [6, 6.07) is 13.6. The molecule has 0 bridgehead atoms. The van der Waals surface area contributed by atoms with E-state index in [0.717, 1.165) is 7.11 Å². The molecule has 170 valence electrons. The Balaban J connectivity index is 2.46. The molecule has 2 N–H and O–H groups in total. The molecular formula is C23H19Cl2N3O5. The molecule has 3 rings (SSSR count). The second kappa shape index (κ2) is 9.86. The predicted molar refractivity (Wildman–Crippen MR) is 123 cm³/mol. The molecule has 0 saturated carbocycles. The Morgan fingerprint density at radius 3 is 2.21 bits per heavy atom. The zero-order chi connectivity index (χ0) is 24.3. The molecule has 10 heteroatoms. The zero-order valence-electron chi connectivity index (χ0n) is 17.9. The number of rotatable bonds is 5. The van der Waals surface area contributed by atoms with Gasteiger partial charge in [-0.3, -0.25) is 4.90 Å². The van der Waals surface area contributed by atoms with Gasteiger partial charge in [0, 0.05) is 6.07 Å². The summed E-state index contributed by atoms with van der Waals surface area (Å²) >= 11 is 12.6. The first-order chi connectivity index (χ1) is 15.8. The van der Waals surface area contributed by atoms with E-state index >= 15 is 0 Å². The van der Waals surface area contributed by atoms with Gasteiger partial charge >= 0.3 is 11.9 Å². The summed E-state index contributed by atoms with van der Waals surface area (Å²) < 4.78 is 15.2. The highest BCUT2D eigenvalue weighted by molar-refractivity contribution is 6.37. The molecule has 0 fully saturated rings. The van der Waals surface area contributed by atoms with E-state index in [1.54, 1.807) is 30.3 Å². The summed E-state index contributed by atoms with van der Waals surface area (Å²) in [7, 11) is 3.73. The van der Waals surface area contributed by atoms with Crippen molar-refractivity contribution in [3.63, 3.8) is 0 Å². The van der Waals surface area contributed by atoms with Crippen molar-refractivity contribution in [2.45, 2.75) is 5.92 Å². The van der Waals surface area contributed by atoms with Gasteiger partial charge in [-0.1, -0.05) is 53.5 Å². The van der Waals surface area contributed by atoms with Crippen LogP contribution in [-0.4, -0.2) is 33.3 Å². The lowest BCUT2D eigenvalue weighted by Crippen LogP contribution is -2.40. The van der Waals surface area contributed by atoms with E-state index in [9.17, 15) is 14.9 Å². The molecule has 0 aliphatic carbocycles. The number of nitrogens with two attached hydrogens (primary N) is 1. The Labute approximate surface area is 200 Å². The quantitative estimate of drug-likeness (QED) is 0.631. The number of halogens is 2. The lowest BCUT2D eigenvalue weighted by atomic mass is 9.81. The number of carbonyl (C=O) groups is 2. The summed E-state index contributed by atoms with van der Waals surface area (Å²) in [5.74, 6) is -2.60. The highest BCUT2D eigenvalue weighted by atomic mass is 35.5. The standard InChI is InChI=1S/C23H19Cl2N3O5/c1-31-17-10-16(14(24)9-15(17)25)28-20(23(30)33-3)19(22(29)32-2)18(13(11-26)21(28)27)12-7-5-4-6-8-12/h4-10,18H,27H2,1-3H3. The molecule has 1 unspecified atom stereocenters. The minimum Gasteiger partial charge on any atom is -0.495 e. The topological polar surface area (TPSA) is 115 Å². The number of benzene rings is 2. The fourth-order valence-electron chi connectivity index (χ4n) is 3.61. The second-order valence-electron chi connectivity index (χ2n) is 6.77. The van der Waals surface area contributed by atoms with Gasteiger partial charge in [0.15, 0.2) is 0 Å². The van der Waals surface area contributed by atoms with Crippen LogP contribution in [0.25, 0.3) is 0 Å². The van der Waals surface area contributed by atoms with Crippen LogP contribution in [0.15, 0.2) is 65.1 Å². The number of esters is 2. The molecule has 1 aliphatic rings. The van der Waals surface area contributed by atoms with Gasteiger partial charge < -0.3 is 19.9 Å². The lowest BCUT2D eigenvalue weighted by Gasteiger charge is -2.36. The number of allylic oxidation sites excluding steroid dienone is 1. The first kappa shape index (κ1) is 24.0. The van der Waals surface area contributed by atoms with E-state index in [4.69, 9.17) is 43.1 Å². The molecule has 2 aromatic rings. The van der Waals surface area contributed by atoms with Gasteiger partial charge in [0.25, 0.3) is 0 Å².